The number of carbonyl (C=O) groups excluding carboxylic acids is 1. The zero-order valence-electron chi connectivity index (χ0n) is 15.9. The van der Waals surface area contributed by atoms with Gasteiger partial charge in [0.15, 0.2) is 0 Å². The Bertz CT molecular complexity index is 826. The van der Waals surface area contributed by atoms with Gasteiger partial charge in [0, 0.05) is 18.6 Å². The predicted molar refractivity (Wildman–Crippen MR) is 100 cm³/mol. The summed E-state index contributed by atoms with van der Waals surface area (Å²) in [5, 5.41) is 1.41. The van der Waals surface area contributed by atoms with Crippen molar-refractivity contribution < 1.29 is 9.53 Å². The molecule has 1 aliphatic heterocycles. The van der Waals surface area contributed by atoms with Crippen LogP contribution in [0.5, 0.6) is 0 Å². The molecule has 0 radical (unpaired) electrons. The lowest BCUT2D eigenvalue weighted by Crippen LogP contribution is -2.46. The first kappa shape index (κ1) is 16.5. The first-order valence-corrected chi connectivity index (χ1v) is 9.34. The molecule has 0 saturated heterocycles. The molecule has 1 aromatic carbocycles. The summed E-state index contributed by atoms with van der Waals surface area (Å²) in [7, 11) is 1.87. The maximum atomic E-state index is 12.6. The van der Waals surface area contributed by atoms with Crippen molar-refractivity contribution in [2.75, 3.05) is 7.05 Å². The van der Waals surface area contributed by atoms with Crippen LogP contribution < -0.4 is 0 Å². The van der Waals surface area contributed by atoms with Gasteiger partial charge in [-0.25, -0.2) is 4.79 Å². The molecule has 0 N–H and O–H groups in total. The molecule has 4 nitrogen and oxygen atoms in total. The largest absolute Gasteiger partial charge is 0.444 e. The summed E-state index contributed by atoms with van der Waals surface area (Å²) in [6.45, 7) is 7.96. The Morgan fingerprint density at radius 1 is 1.28 bits per heavy atom. The van der Waals surface area contributed by atoms with Gasteiger partial charge >= 0.3 is 6.09 Å². The molecule has 4 heteroatoms. The molecule has 2 atom stereocenters. The van der Waals surface area contributed by atoms with Gasteiger partial charge in [-0.1, -0.05) is 18.2 Å². The van der Waals surface area contributed by atoms with Crippen molar-refractivity contribution >= 4 is 17.0 Å². The summed E-state index contributed by atoms with van der Waals surface area (Å²) in [6, 6.07) is 6.97. The standard InChI is InChI=1S/C21H28N2O2/c1-13-18(22(5)20(24)25-21(2,3)4)11-15-7-6-8-16-17(14-9-10-14)12-23(13)19(15)16/h6-8,12-14,18H,9-11H2,1-5H3/t13-,18+/m1/s1. The van der Waals surface area contributed by atoms with E-state index in [1.54, 1.807) is 4.90 Å². The average Bonchev–Trinajstić information content (AvgIpc) is 3.30. The summed E-state index contributed by atoms with van der Waals surface area (Å²) in [6.07, 6.45) is 5.58. The van der Waals surface area contributed by atoms with E-state index in [1.807, 2.05) is 27.8 Å². The zero-order valence-corrected chi connectivity index (χ0v) is 15.9. The van der Waals surface area contributed by atoms with Gasteiger partial charge < -0.3 is 14.2 Å². The summed E-state index contributed by atoms with van der Waals surface area (Å²) >= 11 is 0. The van der Waals surface area contributed by atoms with Crippen molar-refractivity contribution in [1.82, 2.24) is 9.47 Å². The highest BCUT2D eigenvalue weighted by Gasteiger charge is 2.36. The normalized spacial score (nSPS) is 22.9. The van der Waals surface area contributed by atoms with E-state index in [9.17, 15) is 4.79 Å². The number of hydrogen-bond donors (Lipinski definition) is 0. The SMILES string of the molecule is C[C@@H]1[C@@H](N(C)C(=O)OC(C)(C)C)Cc2cccc3c(C4CC4)cn1c23. The van der Waals surface area contributed by atoms with Crippen LogP contribution in [0.3, 0.4) is 0 Å². The molecule has 1 amide bonds. The lowest BCUT2D eigenvalue weighted by Gasteiger charge is -2.38. The number of rotatable bonds is 2. The minimum absolute atomic E-state index is 0.104. The molecule has 0 unspecified atom stereocenters. The highest BCUT2D eigenvalue weighted by atomic mass is 16.6. The van der Waals surface area contributed by atoms with Gasteiger partial charge in [0.1, 0.15) is 5.60 Å². The number of amides is 1. The van der Waals surface area contributed by atoms with Crippen LogP contribution in [0, 0.1) is 0 Å². The fraction of sp³-hybridized carbons (Fsp3) is 0.571. The van der Waals surface area contributed by atoms with E-state index in [2.05, 4.69) is 35.9 Å². The summed E-state index contributed by atoms with van der Waals surface area (Å²) in [4.78, 5) is 14.4. The lowest BCUT2D eigenvalue weighted by atomic mass is 9.93. The van der Waals surface area contributed by atoms with Crippen LogP contribution in [0.25, 0.3) is 10.9 Å². The van der Waals surface area contributed by atoms with E-state index in [4.69, 9.17) is 4.74 Å². The predicted octanol–water partition coefficient (Wildman–Crippen LogP) is 4.87. The van der Waals surface area contributed by atoms with Gasteiger partial charge in [-0.15, -0.1) is 0 Å². The number of carbonyl (C=O) groups is 1. The van der Waals surface area contributed by atoms with E-state index < -0.39 is 5.60 Å². The number of likely N-dealkylation sites (N-methyl/N-ethyl adjacent to an activating group) is 1. The summed E-state index contributed by atoms with van der Waals surface area (Å²) in [5.41, 5.74) is 3.72. The van der Waals surface area contributed by atoms with Gasteiger partial charge in [-0.3, -0.25) is 0 Å². The third-order valence-corrected chi connectivity index (χ3v) is 5.59. The second-order valence-corrected chi connectivity index (χ2v) is 8.68. The molecular weight excluding hydrogens is 312 g/mol. The molecule has 2 aliphatic rings. The van der Waals surface area contributed by atoms with Crippen LogP contribution >= 0.6 is 0 Å². The molecule has 0 spiro atoms. The third-order valence-electron chi connectivity index (χ3n) is 5.59. The molecule has 25 heavy (non-hydrogen) atoms. The van der Waals surface area contributed by atoms with Crippen LogP contribution in [0.15, 0.2) is 24.4 Å². The van der Waals surface area contributed by atoms with Gasteiger partial charge in [0.2, 0.25) is 0 Å². The van der Waals surface area contributed by atoms with Crippen LogP contribution in [-0.4, -0.2) is 34.3 Å². The van der Waals surface area contributed by atoms with Crippen molar-refractivity contribution in [3.8, 4) is 0 Å². The molecule has 4 rings (SSSR count). The smallest absolute Gasteiger partial charge is 0.410 e. The third kappa shape index (κ3) is 2.82. The number of nitrogens with zero attached hydrogens (tertiary/aromatic N) is 2. The minimum atomic E-state index is -0.471. The molecule has 2 aromatic rings. The maximum Gasteiger partial charge on any atom is 0.410 e. The minimum Gasteiger partial charge on any atom is -0.444 e. The molecule has 1 aliphatic carbocycles. The van der Waals surface area contributed by atoms with E-state index in [-0.39, 0.29) is 18.2 Å². The molecule has 0 bridgehead atoms. The van der Waals surface area contributed by atoms with Crippen LogP contribution in [0.1, 0.15) is 63.6 Å². The Morgan fingerprint density at radius 3 is 2.64 bits per heavy atom. The molecule has 1 saturated carbocycles. The highest BCUT2D eigenvalue weighted by molar-refractivity contribution is 5.88. The first-order valence-electron chi connectivity index (χ1n) is 9.34. The Hall–Kier alpha value is -1.97. The second kappa shape index (κ2) is 5.52. The number of ether oxygens (including phenoxy) is 1. The fourth-order valence-corrected chi connectivity index (χ4v) is 4.13. The van der Waals surface area contributed by atoms with Crippen molar-refractivity contribution in [3.05, 3.63) is 35.5 Å². The van der Waals surface area contributed by atoms with E-state index >= 15 is 0 Å². The molecular formula is C21H28N2O2. The topological polar surface area (TPSA) is 34.5 Å². The van der Waals surface area contributed by atoms with Crippen LogP contribution in [0.4, 0.5) is 4.79 Å². The van der Waals surface area contributed by atoms with Gasteiger partial charge in [0.25, 0.3) is 0 Å². The lowest BCUT2D eigenvalue weighted by molar-refractivity contribution is 0.0174. The van der Waals surface area contributed by atoms with Crippen molar-refractivity contribution in [1.29, 1.82) is 0 Å². The van der Waals surface area contributed by atoms with Gasteiger partial charge in [-0.05, 0) is 64.0 Å². The Morgan fingerprint density at radius 2 is 2.00 bits per heavy atom. The number of para-hydroxylation sites is 1. The first-order chi connectivity index (χ1) is 11.8. The Balaban J connectivity index is 1.69. The zero-order chi connectivity index (χ0) is 17.9. The average molecular weight is 340 g/mol. The molecule has 134 valence electrons. The van der Waals surface area contributed by atoms with Crippen LogP contribution in [0.2, 0.25) is 0 Å². The second-order valence-electron chi connectivity index (χ2n) is 8.68. The highest BCUT2D eigenvalue weighted by Crippen LogP contribution is 2.46. The van der Waals surface area contributed by atoms with Crippen molar-refractivity contribution in [2.24, 2.45) is 0 Å². The Kier molecular flexibility index (Phi) is 3.64. The van der Waals surface area contributed by atoms with E-state index in [0.717, 1.165) is 12.3 Å². The maximum absolute atomic E-state index is 12.6. The Labute approximate surface area is 149 Å². The number of benzene rings is 1. The molecule has 1 fully saturated rings. The molecule has 2 heterocycles. The van der Waals surface area contributed by atoms with E-state index in [1.165, 1.54) is 34.9 Å². The monoisotopic (exact) mass is 340 g/mol. The van der Waals surface area contributed by atoms with Crippen molar-refractivity contribution in [2.45, 2.75) is 70.6 Å². The van der Waals surface area contributed by atoms with Gasteiger partial charge in [0.05, 0.1) is 17.6 Å². The van der Waals surface area contributed by atoms with Gasteiger partial charge in [-0.2, -0.15) is 0 Å². The number of hydrogen-bond acceptors (Lipinski definition) is 2. The number of aromatic nitrogens is 1. The van der Waals surface area contributed by atoms with Crippen molar-refractivity contribution in [3.63, 3.8) is 0 Å². The van der Waals surface area contributed by atoms with Crippen LogP contribution in [-0.2, 0) is 11.2 Å². The summed E-state index contributed by atoms with van der Waals surface area (Å²) < 4.78 is 7.99. The summed E-state index contributed by atoms with van der Waals surface area (Å²) in [5.74, 6) is 0.728. The molecule has 1 aromatic heterocycles. The fourth-order valence-electron chi connectivity index (χ4n) is 4.13. The van der Waals surface area contributed by atoms with E-state index in [0.29, 0.717) is 0 Å². The quantitative estimate of drug-likeness (QED) is 0.781.